The first-order valence-corrected chi connectivity index (χ1v) is 7.39. The third-order valence-corrected chi connectivity index (χ3v) is 3.88. The Morgan fingerprint density at radius 3 is 2.65 bits per heavy atom. The summed E-state index contributed by atoms with van der Waals surface area (Å²) in [6.07, 6.45) is 5.44. The molecule has 2 aromatic carbocycles. The number of rotatable bonds is 4. The molecule has 1 heterocycles. The van der Waals surface area contributed by atoms with Crippen molar-refractivity contribution in [3.8, 4) is 11.1 Å². The molecule has 0 aliphatic carbocycles. The van der Waals surface area contributed by atoms with Gasteiger partial charge in [-0.3, -0.25) is 0 Å². The molecule has 0 unspecified atom stereocenters. The fourth-order valence-electron chi connectivity index (χ4n) is 2.67. The minimum Gasteiger partial charge on any atom is -0.456 e. The standard InChI is InChI=1S/C19H17BO3/c1-3-4-11-18-13(2)16-9-6-10-17(19(16)23-18)14-7-5-8-15(12-14)20(21)22/h3-12,21-22H,1H2,2H3/b11-4-. The van der Waals surface area contributed by atoms with Crippen LogP contribution < -0.4 is 5.46 Å². The Balaban J connectivity index is 2.20. The molecule has 0 saturated heterocycles. The van der Waals surface area contributed by atoms with Crippen molar-refractivity contribution < 1.29 is 14.5 Å². The van der Waals surface area contributed by atoms with Crippen LogP contribution in [-0.4, -0.2) is 17.2 Å². The zero-order valence-corrected chi connectivity index (χ0v) is 12.9. The lowest BCUT2D eigenvalue weighted by atomic mass is 9.79. The van der Waals surface area contributed by atoms with Crippen LogP contribution in [-0.2, 0) is 0 Å². The average Bonchev–Trinajstić information content (AvgIpc) is 2.89. The Morgan fingerprint density at radius 1 is 1.13 bits per heavy atom. The van der Waals surface area contributed by atoms with Crippen molar-refractivity contribution in [2.45, 2.75) is 6.92 Å². The average molecular weight is 304 g/mol. The van der Waals surface area contributed by atoms with Crippen LogP contribution in [0.3, 0.4) is 0 Å². The number of hydrogen-bond acceptors (Lipinski definition) is 3. The van der Waals surface area contributed by atoms with Crippen LogP contribution >= 0.6 is 0 Å². The second-order valence-corrected chi connectivity index (χ2v) is 5.37. The van der Waals surface area contributed by atoms with E-state index in [9.17, 15) is 10.0 Å². The van der Waals surface area contributed by atoms with Crippen molar-refractivity contribution in [3.05, 3.63) is 72.5 Å². The van der Waals surface area contributed by atoms with Gasteiger partial charge in [0.05, 0.1) is 0 Å². The number of furan rings is 1. The highest BCUT2D eigenvalue weighted by molar-refractivity contribution is 6.58. The SMILES string of the molecule is C=C/C=C\c1oc2c(-c3cccc(B(O)O)c3)cccc2c1C. The smallest absolute Gasteiger partial charge is 0.456 e. The molecule has 114 valence electrons. The summed E-state index contributed by atoms with van der Waals surface area (Å²) in [5, 5.41) is 19.8. The Kier molecular flexibility index (Phi) is 4.19. The first-order valence-electron chi connectivity index (χ1n) is 7.39. The van der Waals surface area contributed by atoms with E-state index >= 15 is 0 Å². The van der Waals surface area contributed by atoms with Crippen LogP contribution in [0.15, 0.2) is 65.6 Å². The van der Waals surface area contributed by atoms with Crippen LogP contribution in [0.25, 0.3) is 28.2 Å². The summed E-state index contributed by atoms with van der Waals surface area (Å²) in [4.78, 5) is 0. The molecule has 0 amide bonds. The lowest BCUT2D eigenvalue weighted by Gasteiger charge is -2.05. The number of allylic oxidation sites excluding steroid dienone is 2. The van der Waals surface area contributed by atoms with Gasteiger partial charge in [-0.1, -0.05) is 61.2 Å². The monoisotopic (exact) mass is 304 g/mol. The van der Waals surface area contributed by atoms with Crippen LogP contribution in [0.4, 0.5) is 0 Å². The van der Waals surface area contributed by atoms with Gasteiger partial charge in [0.15, 0.2) is 0 Å². The van der Waals surface area contributed by atoms with E-state index in [0.29, 0.717) is 5.46 Å². The van der Waals surface area contributed by atoms with Gasteiger partial charge in [-0.2, -0.15) is 0 Å². The molecule has 1 aromatic heterocycles. The van der Waals surface area contributed by atoms with Gasteiger partial charge in [0, 0.05) is 16.5 Å². The lowest BCUT2D eigenvalue weighted by molar-refractivity contribution is 0.426. The van der Waals surface area contributed by atoms with E-state index in [1.54, 1.807) is 24.3 Å². The summed E-state index contributed by atoms with van der Waals surface area (Å²) in [7, 11) is -1.49. The summed E-state index contributed by atoms with van der Waals surface area (Å²) in [6.45, 7) is 5.69. The van der Waals surface area contributed by atoms with Crippen molar-refractivity contribution in [1.29, 1.82) is 0 Å². The molecule has 0 fully saturated rings. The molecule has 0 aliphatic heterocycles. The molecule has 23 heavy (non-hydrogen) atoms. The summed E-state index contributed by atoms with van der Waals surface area (Å²) in [5.74, 6) is 0.797. The topological polar surface area (TPSA) is 53.6 Å². The molecule has 4 heteroatoms. The minimum absolute atomic E-state index is 0.453. The number of para-hydroxylation sites is 1. The molecule has 3 aromatic rings. The van der Waals surface area contributed by atoms with E-state index in [4.69, 9.17) is 4.42 Å². The maximum Gasteiger partial charge on any atom is 0.488 e. The zero-order chi connectivity index (χ0) is 16.4. The molecule has 0 atom stereocenters. The third kappa shape index (κ3) is 2.87. The molecule has 0 saturated carbocycles. The molecule has 0 aliphatic rings. The Bertz CT molecular complexity index is 891. The van der Waals surface area contributed by atoms with Gasteiger partial charge in [-0.25, -0.2) is 0 Å². The van der Waals surface area contributed by atoms with Gasteiger partial charge in [0.25, 0.3) is 0 Å². The number of aryl methyl sites for hydroxylation is 1. The summed E-state index contributed by atoms with van der Waals surface area (Å²) < 4.78 is 6.03. The second-order valence-electron chi connectivity index (χ2n) is 5.37. The van der Waals surface area contributed by atoms with E-state index in [1.165, 1.54) is 0 Å². The van der Waals surface area contributed by atoms with E-state index in [0.717, 1.165) is 33.4 Å². The summed E-state index contributed by atoms with van der Waals surface area (Å²) in [6, 6.07) is 13.1. The molecule has 0 radical (unpaired) electrons. The number of benzene rings is 2. The number of hydrogen-bond donors (Lipinski definition) is 2. The number of fused-ring (bicyclic) bond motifs is 1. The van der Waals surface area contributed by atoms with Crippen LogP contribution in [0.5, 0.6) is 0 Å². The van der Waals surface area contributed by atoms with Gasteiger partial charge in [0.2, 0.25) is 0 Å². The Hall–Kier alpha value is -2.56. The fraction of sp³-hybridized carbons (Fsp3) is 0.0526. The quantitative estimate of drug-likeness (QED) is 0.574. The summed E-state index contributed by atoms with van der Waals surface area (Å²) in [5.41, 5.74) is 4.12. The van der Waals surface area contributed by atoms with E-state index in [1.807, 2.05) is 43.3 Å². The van der Waals surface area contributed by atoms with Crippen LogP contribution in [0.1, 0.15) is 11.3 Å². The van der Waals surface area contributed by atoms with Crippen molar-refractivity contribution in [1.82, 2.24) is 0 Å². The predicted octanol–water partition coefficient (Wildman–Crippen LogP) is 3.29. The zero-order valence-electron chi connectivity index (χ0n) is 12.9. The Labute approximate surface area is 135 Å². The van der Waals surface area contributed by atoms with Gasteiger partial charge in [-0.15, -0.1) is 0 Å². The summed E-state index contributed by atoms with van der Waals surface area (Å²) >= 11 is 0. The van der Waals surface area contributed by atoms with Gasteiger partial charge in [0.1, 0.15) is 11.3 Å². The van der Waals surface area contributed by atoms with Gasteiger partial charge >= 0.3 is 7.12 Å². The Morgan fingerprint density at radius 2 is 1.91 bits per heavy atom. The predicted molar refractivity (Wildman–Crippen MR) is 95.4 cm³/mol. The molecule has 3 rings (SSSR count). The first-order chi connectivity index (χ1) is 11.1. The normalized spacial score (nSPS) is 11.3. The third-order valence-electron chi connectivity index (χ3n) is 3.88. The maximum absolute atomic E-state index is 9.37. The maximum atomic E-state index is 9.37. The highest BCUT2D eigenvalue weighted by Gasteiger charge is 2.15. The molecule has 2 N–H and O–H groups in total. The van der Waals surface area contributed by atoms with E-state index in [-0.39, 0.29) is 0 Å². The largest absolute Gasteiger partial charge is 0.488 e. The van der Waals surface area contributed by atoms with Crippen molar-refractivity contribution in [2.75, 3.05) is 0 Å². The highest BCUT2D eigenvalue weighted by Crippen LogP contribution is 2.34. The molecule has 0 spiro atoms. The first kappa shape index (κ1) is 15.3. The second kappa shape index (κ2) is 6.28. The van der Waals surface area contributed by atoms with Crippen LogP contribution in [0, 0.1) is 6.92 Å². The van der Waals surface area contributed by atoms with Crippen molar-refractivity contribution in [2.24, 2.45) is 0 Å². The fourth-order valence-corrected chi connectivity index (χ4v) is 2.67. The molecule has 3 nitrogen and oxygen atoms in total. The lowest BCUT2D eigenvalue weighted by Crippen LogP contribution is -2.29. The molecule has 0 bridgehead atoms. The van der Waals surface area contributed by atoms with E-state index < -0.39 is 7.12 Å². The molecular formula is C19H17BO3. The highest BCUT2D eigenvalue weighted by atomic mass is 16.4. The van der Waals surface area contributed by atoms with E-state index in [2.05, 4.69) is 6.58 Å². The van der Waals surface area contributed by atoms with Crippen molar-refractivity contribution >= 4 is 29.6 Å². The van der Waals surface area contributed by atoms with Crippen molar-refractivity contribution in [3.63, 3.8) is 0 Å². The molecular weight excluding hydrogens is 287 g/mol. The van der Waals surface area contributed by atoms with Gasteiger partial charge in [-0.05, 0) is 24.0 Å². The van der Waals surface area contributed by atoms with Crippen LogP contribution in [0.2, 0.25) is 0 Å². The minimum atomic E-state index is -1.49. The van der Waals surface area contributed by atoms with Gasteiger partial charge < -0.3 is 14.5 Å².